The van der Waals surface area contributed by atoms with Crippen LogP contribution in [-0.4, -0.2) is 19.1 Å². The predicted octanol–water partition coefficient (Wildman–Crippen LogP) is 4.15. The van der Waals surface area contributed by atoms with E-state index in [1.54, 1.807) is 0 Å². The van der Waals surface area contributed by atoms with Crippen molar-refractivity contribution in [3.05, 3.63) is 29.3 Å². The average Bonchev–Trinajstić information content (AvgIpc) is 2.64. The van der Waals surface area contributed by atoms with Crippen LogP contribution in [0.25, 0.3) is 0 Å². The first-order valence-electron chi connectivity index (χ1n) is 8.57. The number of rotatable bonds is 4. The summed E-state index contributed by atoms with van der Waals surface area (Å²) in [4.78, 5) is 2.60. The molecule has 2 heteroatoms. The summed E-state index contributed by atoms with van der Waals surface area (Å²) in [6.07, 6.45) is 4.99. The van der Waals surface area contributed by atoms with Gasteiger partial charge in [-0.2, -0.15) is 0 Å². The van der Waals surface area contributed by atoms with Gasteiger partial charge < -0.3 is 10.6 Å². The number of hydrogen-bond donors (Lipinski definition) is 1. The molecule has 1 heterocycles. The van der Waals surface area contributed by atoms with Crippen LogP contribution in [-0.2, 0) is 6.42 Å². The quantitative estimate of drug-likeness (QED) is 0.902. The molecule has 0 amide bonds. The van der Waals surface area contributed by atoms with Crippen LogP contribution in [0.4, 0.5) is 5.69 Å². The van der Waals surface area contributed by atoms with Crippen LogP contribution in [0.3, 0.4) is 0 Å². The molecule has 2 N–H and O–H groups in total. The van der Waals surface area contributed by atoms with Crippen molar-refractivity contribution in [2.24, 2.45) is 17.6 Å². The Morgan fingerprint density at radius 2 is 1.95 bits per heavy atom. The second-order valence-electron chi connectivity index (χ2n) is 7.24. The van der Waals surface area contributed by atoms with E-state index in [1.807, 2.05) is 0 Å². The summed E-state index contributed by atoms with van der Waals surface area (Å²) < 4.78 is 0. The van der Waals surface area contributed by atoms with E-state index in [2.05, 4.69) is 50.8 Å². The van der Waals surface area contributed by atoms with Crippen LogP contribution >= 0.6 is 0 Å². The average molecular weight is 288 g/mol. The van der Waals surface area contributed by atoms with Gasteiger partial charge in [-0.15, -0.1) is 0 Å². The van der Waals surface area contributed by atoms with Gasteiger partial charge in [-0.05, 0) is 63.0 Å². The molecule has 118 valence electrons. The highest BCUT2D eigenvalue weighted by molar-refractivity contribution is 5.55. The molecular formula is C19H32N2. The molecule has 1 aromatic rings. The lowest BCUT2D eigenvalue weighted by atomic mass is 9.89. The van der Waals surface area contributed by atoms with Crippen molar-refractivity contribution in [1.82, 2.24) is 0 Å². The van der Waals surface area contributed by atoms with Gasteiger partial charge in [-0.25, -0.2) is 0 Å². The van der Waals surface area contributed by atoms with Gasteiger partial charge >= 0.3 is 0 Å². The Kier molecular flexibility index (Phi) is 5.69. The van der Waals surface area contributed by atoms with E-state index in [-0.39, 0.29) is 6.04 Å². The van der Waals surface area contributed by atoms with Crippen molar-refractivity contribution in [1.29, 1.82) is 0 Å². The van der Waals surface area contributed by atoms with Crippen LogP contribution < -0.4 is 10.6 Å². The van der Waals surface area contributed by atoms with Gasteiger partial charge in [0.2, 0.25) is 0 Å². The molecule has 0 saturated carbocycles. The van der Waals surface area contributed by atoms with E-state index in [0.717, 1.165) is 18.3 Å². The Bertz CT molecular complexity index is 451. The molecule has 0 radical (unpaired) electrons. The minimum atomic E-state index is 0.223. The largest absolute Gasteiger partial charge is 0.371 e. The van der Waals surface area contributed by atoms with Crippen LogP contribution in [0.15, 0.2) is 18.2 Å². The van der Waals surface area contributed by atoms with Gasteiger partial charge in [-0.1, -0.05) is 31.5 Å². The van der Waals surface area contributed by atoms with Gasteiger partial charge in [0.05, 0.1) is 0 Å². The van der Waals surface area contributed by atoms with Crippen LogP contribution in [0, 0.1) is 18.8 Å². The number of nitrogens with two attached hydrogens (primary N) is 1. The first kappa shape index (κ1) is 16.4. The molecule has 1 saturated heterocycles. The molecule has 2 unspecified atom stereocenters. The first-order valence-corrected chi connectivity index (χ1v) is 8.57. The van der Waals surface area contributed by atoms with Crippen LogP contribution in [0.2, 0.25) is 0 Å². The maximum absolute atomic E-state index is 6.05. The molecule has 2 atom stereocenters. The Hall–Kier alpha value is -1.02. The van der Waals surface area contributed by atoms with Crippen LogP contribution in [0.1, 0.15) is 51.2 Å². The third kappa shape index (κ3) is 4.47. The van der Waals surface area contributed by atoms with E-state index in [4.69, 9.17) is 5.73 Å². The fourth-order valence-corrected chi connectivity index (χ4v) is 3.56. The molecule has 0 bridgehead atoms. The van der Waals surface area contributed by atoms with E-state index < -0.39 is 0 Å². The third-order valence-corrected chi connectivity index (χ3v) is 4.83. The van der Waals surface area contributed by atoms with Crippen molar-refractivity contribution < 1.29 is 0 Å². The molecule has 0 aliphatic carbocycles. The minimum absolute atomic E-state index is 0.223. The highest BCUT2D eigenvalue weighted by Gasteiger charge is 2.21. The van der Waals surface area contributed by atoms with E-state index >= 15 is 0 Å². The summed E-state index contributed by atoms with van der Waals surface area (Å²) in [5.41, 5.74) is 10.2. The fourth-order valence-electron chi connectivity index (χ4n) is 3.56. The maximum atomic E-state index is 6.05. The molecule has 1 aliphatic heterocycles. The maximum Gasteiger partial charge on any atom is 0.0399 e. The number of benzene rings is 1. The molecule has 2 nitrogen and oxygen atoms in total. The third-order valence-electron chi connectivity index (χ3n) is 4.83. The lowest BCUT2D eigenvalue weighted by Gasteiger charge is -2.27. The topological polar surface area (TPSA) is 29.3 Å². The normalized spacial score (nSPS) is 21.4. The van der Waals surface area contributed by atoms with Gasteiger partial charge in [0, 0.05) is 24.8 Å². The van der Waals surface area contributed by atoms with Crippen molar-refractivity contribution in [3.8, 4) is 0 Å². The Balaban J connectivity index is 2.17. The zero-order valence-electron chi connectivity index (χ0n) is 14.2. The number of anilines is 1. The Labute approximate surface area is 130 Å². The predicted molar refractivity (Wildman–Crippen MR) is 92.9 cm³/mol. The minimum Gasteiger partial charge on any atom is -0.371 e. The Morgan fingerprint density at radius 1 is 1.19 bits per heavy atom. The monoisotopic (exact) mass is 288 g/mol. The highest BCUT2D eigenvalue weighted by Crippen LogP contribution is 2.30. The molecule has 1 aliphatic rings. The number of nitrogens with zero attached hydrogens (tertiary/aromatic N) is 1. The van der Waals surface area contributed by atoms with E-state index in [9.17, 15) is 0 Å². The number of aryl methyl sites for hydroxylation is 1. The molecule has 0 spiro atoms. The van der Waals surface area contributed by atoms with Gasteiger partial charge in [0.15, 0.2) is 0 Å². The van der Waals surface area contributed by atoms with Crippen molar-refractivity contribution in [2.75, 3.05) is 18.0 Å². The lowest BCUT2D eigenvalue weighted by Crippen LogP contribution is -2.27. The smallest absolute Gasteiger partial charge is 0.0399 e. The van der Waals surface area contributed by atoms with Crippen molar-refractivity contribution in [2.45, 2.75) is 59.4 Å². The molecule has 2 rings (SSSR count). The molecular weight excluding hydrogens is 256 g/mol. The zero-order valence-corrected chi connectivity index (χ0v) is 14.2. The highest BCUT2D eigenvalue weighted by atomic mass is 15.1. The molecule has 21 heavy (non-hydrogen) atoms. The molecule has 0 aromatic heterocycles. The summed E-state index contributed by atoms with van der Waals surface area (Å²) in [5.74, 6) is 1.70. The Morgan fingerprint density at radius 3 is 2.62 bits per heavy atom. The molecule has 1 fully saturated rings. The summed E-state index contributed by atoms with van der Waals surface area (Å²) in [6, 6.07) is 7.10. The second-order valence-corrected chi connectivity index (χ2v) is 7.24. The molecule has 1 aromatic carbocycles. The summed E-state index contributed by atoms with van der Waals surface area (Å²) >= 11 is 0. The summed E-state index contributed by atoms with van der Waals surface area (Å²) in [6.45, 7) is 11.4. The zero-order chi connectivity index (χ0) is 15.4. The second kappa shape index (κ2) is 7.31. The van der Waals surface area contributed by atoms with E-state index in [0.29, 0.717) is 0 Å². The van der Waals surface area contributed by atoms with Crippen molar-refractivity contribution >= 4 is 5.69 Å². The first-order chi connectivity index (χ1) is 9.97. The summed E-state index contributed by atoms with van der Waals surface area (Å²) in [7, 11) is 0. The lowest BCUT2D eigenvalue weighted by molar-refractivity contribution is 0.351. The van der Waals surface area contributed by atoms with Gasteiger partial charge in [-0.3, -0.25) is 0 Å². The van der Waals surface area contributed by atoms with Crippen LogP contribution in [0.5, 0.6) is 0 Å². The fraction of sp³-hybridized carbons (Fsp3) is 0.684. The van der Waals surface area contributed by atoms with Gasteiger partial charge in [0.25, 0.3) is 0 Å². The standard InChI is InChI=1S/C19H32N2/c1-14(2)17-6-5-10-21(11-9-17)19-8-7-15(3)12-18(19)13-16(4)20/h7-8,12,14,16-17H,5-6,9-11,13,20H2,1-4H3. The van der Waals surface area contributed by atoms with E-state index in [1.165, 1.54) is 49.2 Å². The number of hydrogen-bond acceptors (Lipinski definition) is 2. The SMILES string of the molecule is Cc1ccc(N2CCCC(C(C)C)CC2)c(CC(C)N)c1. The summed E-state index contributed by atoms with van der Waals surface area (Å²) in [5, 5.41) is 0. The van der Waals surface area contributed by atoms with Crippen molar-refractivity contribution in [3.63, 3.8) is 0 Å². The van der Waals surface area contributed by atoms with Gasteiger partial charge in [0.1, 0.15) is 0 Å².